The number of carbonyl (C=O) groups is 1. The van der Waals surface area contributed by atoms with Crippen LogP contribution in [0.1, 0.15) is 74.2 Å². The lowest BCUT2D eigenvalue weighted by atomic mass is 9.75. The van der Waals surface area contributed by atoms with Crippen molar-refractivity contribution >= 4 is 29.2 Å². The predicted molar refractivity (Wildman–Crippen MR) is 192 cm³/mol. The highest BCUT2D eigenvalue weighted by Crippen LogP contribution is 2.58. The highest BCUT2D eigenvalue weighted by Gasteiger charge is 2.57. The van der Waals surface area contributed by atoms with Crippen LogP contribution in [0.3, 0.4) is 0 Å². The first-order valence-electron chi connectivity index (χ1n) is 16.9. The van der Waals surface area contributed by atoms with Crippen LogP contribution in [-0.4, -0.2) is 61.5 Å². The molecule has 0 fully saturated rings. The Hall–Kier alpha value is -4.98. The number of anilines is 3. The maximum atomic E-state index is 14.5. The van der Waals surface area contributed by atoms with Gasteiger partial charge in [0.05, 0.1) is 6.21 Å². The Morgan fingerprint density at radius 3 is 1.70 bits per heavy atom. The molecule has 1 amide bonds. The summed E-state index contributed by atoms with van der Waals surface area (Å²) in [6.07, 6.45) is 1.61. The molecule has 47 heavy (non-hydrogen) atoms. The lowest BCUT2D eigenvalue weighted by Crippen LogP contribution is -2.44. The van der Waals surface area contributed by atoms with Crippen LogP contribution in [0.4, 0.5) is 17.1 Å². The molecule has 0 saturated carbocycles. The van der Waals surface area contributed by atoms with Crippen LogP contribution in [0.5, 0.6) is 17.2 Å². The maximum absolute atomic E-state index is 14.5. The minimum Gasteiger partial charge on any atom is -0.507 e. The smallest absolute Gasteiger partial charge is 0.275 e. The number of ether oxygens (including phenoxy) is 1. The van der Waals surface area contributed by atoms with Gasteiger partial charge >= 0.3 is 0 Å². The van der Waals surface area contributed by atoms with E-state index in [4.69, 9.17) is 9.84 Å². The molecular formula is C39H45N5O3. The largest absolute Gasteiger partial charge is 0.507 e. The summed E-state index contributed by atoms with van der Waals surface area (Å²) >= 11 is 0. The molecule has 0 bridgehead atoms. The van der Waals surface area contributed by atoms with E-state index in [0.717, 1.165) is 73.0 Å². The van der Waals surface area contributed by atoms with E-state index in [9.17, 15) is 9.90 Å². The van der Waals surface area contributed by atoms with Crippen LogP contribution in [0, 0.1) is 0 Å². The van der Waals surface area contributed by atoms with E-state index in [2.05, 4.69) is 92.6 Å². The van der Waals surface area contributed by atoms with Gasteiger partial charge in [-0.25, -0.2) is 5.01 Å². The van der Waals surface area contributed by atoms with Crippen LogP contribution in [-0.2, 0) is 5.54 Å². The van der Waals surface area contributed by atoms with Crippen LogP contribution in [0.2, 0.25) is 0 Å². The standard InChI is InChI=1S/C39H45N5O3/c1-7-41(8-2)28-19-22-35(45)27(23-28)26-40-44-38(46)31-15-13-14-16-32(31)39(44)33-20-17-29(42(9-3)10-4)24-36(33)47-37-25-30(18-21-34(37)39)43(11-5)12-6/h13-26,45H,7-12H2,1-6H3/b40-26+. The lowest BCUT2D eigenvalue weighted by Gasteiger charge is -2.42. The summed E-state index contributed by atoms with van der Waals surface area (Å²) in [5, 5.41) is 17.5. The second-order valence-electron chi connectivity index (χ2n) is 11.8. The molecule has 0 aliphatic carbocycles. The third-order valence-corrected chi connectivity index (χ3v) is 9.70. The first-order chi connectivity index (χ1) is 22.9. The van der Waals surface area contributed by atoms with E-state index in [-0.39, 0.29) is 11.7 Å². The van der Waals surface area contributed by atoms with Gasteiger partial charge in [-0.15, -0.1) is 0 Å². The monoisotopic (exact) mass is 631 g/mol. The molecule has 1 N–H and O–H groups in total. The van der Waals surface area contributed by atoms with Gasteiger partial charge in [0.25, 0.3) is 5.91 Å². The van der Waals surface area contributed by atoms with E-state index in [0.29, 0.717) is 22.6 Å². The normalized spacial score (nSPS) is 14.2. The summed E-state index contributed by atoms with van der Waals surface area (Å²) in [5.41, 5.74) is 5.65. The molecule has 8 nitrogen and oxygen atoms in total. The number of amides is 1. The molecule has 4 aromatic carbocycles. The maximum Gasteiger partial charge on any atom is 0.275 e. The molecule has 2 aliphatic rings. The SMILES string of the molecule is CCN(CC)c1ccc(O)c(/C=N/N2C(=O)c3ccccc3C23c2ccc(N(CC)CC)cc2Oc2cc(N(CC)CC)ccc23)c1. The molecule has 0 unspecified atom stereocenters. The Morgan fingerprint density at radius 1 is 0.681 bits per heavy atom. The van der Waals surface area contributed by atoms with Crippen molar-refractivity contribution in [3.63, 3.8) is 0 Å². The third-order valence-electron chi connectivity index (χ3n) is 9.70. The fourth-order valence-corrected chi connectivity index (χ4v) is 7.20. The van der Waals surface area contributed by atoms with E-state index < -0.39 is 5.54 Å². The first kappa shape index (κ1) is 32.0. The Balaban J connectivity index is 1.61. The van der Waals surface area contributed by atoms with E-state index in [1.165, 1.54) is 0 Å². The second-order valence-corrected chi connectivity index (χ2v) is 11.8. The summed E-state index contributed by atoms with van der Waals surface area (Å²) in [7, 11) is 0. The second kappa shape index (κ2) is 13.0. The molecule has 2 aliphatic heterocycles. The van der Waals surface area contributed by atoms with Gasteiger partial charge in [0, 0.05) is 96.3 Å². The van der Waals surface area contributed by atoms with Crippen LogP contribution < -0.4 is 19.4 Å². The van der Waals surface area contributed by atoms with Crippen molar-refractivity contribution in [2.24, 2.45) is 5.10 Å². The molecule has 6 rings (SSSR count). The zero-order chi connectivity index (χ0) is 33.3. The Kier molecular flexibility index (Phi) is 8.86. The zero-order valence-electron chi connectivity index (χ0n) is 28.3. The molecule has 0 atom stereocenters. The minimum atomic E-state index is -1.09. The number of phenolic OH excluding ortho intramolecular Hbond substituents is 1. The predicted octanol–water partition coefficient (Wildman–Crippen LogP) is 7.82. The van der Waals surface area contributed by atoms with Gasteiger partial charge in [0.15, 0.2) is 0 Å². The highest BCUT2D eigenvalue weighted by molar-refractivity contribution is 6.03. The van der Waals surface area contributed by atoms with Gasteiger partial charge in [-0.1, -0.05) is 30.3 Å². The van der Waals surface area contributed by atoms with E-state index in [1.54, 1.807) is 17.3 Å². The third kappa shape index (κ3) is 5.16. The Morgan fingerprint density at radius 2 is 1.17 bits per heavy atom. The van der Waals surface area contributed by atoms with Crippen LogP contribution >= 0.6 is 0 Å². The number of carbonyl (C=O) groups excluding carboxylic acids is 1. The van der Waals surface area contributed by atoms with Gasteiger partial charge in [-0.05, 0) is 77.9 Å². The molecule has 244 valence electrons. The van der Waals surface area contributed by atoms with Crippen molar-refractivity contribution < 1.29 is 14.6 Å². The first-order valence-corrected chi connectivity index (χ1v) is 16.9. The van der Waals surface area contributed by atoms with Crippen molar-refractivity contribution in [2.75, 3.05) is 54.0 Å². The van der Waals surface area contributed by atoms with Crippen LogP contribution in [0.25, 0.3) is 0 Å². The number of nitrogens with zero attached hydrogens (tertiary/aromatic N) is 5. The van der Waals surface area contributed by atoms with Crippen molar-refractivity contribution in [2.45, 2.75) is 47.1 Å². The van der Waals surface area contributed by atoms with E-state index >= 15 is 0 Å². The average Bonchev–Trinajstić information content (AvgIpc) is 3.34. The summed E-state index contributed by atoms with van der Waals surface area (Å²) in [5.74, 6) is 1.27. The van der Waals surface area contributed by atoms with E-state index in [1.807, 2.05) is 36.4 Å². The fourth-order valence-electron chi connectivity index (χ4n) is 7.20. The van der Waals surface area contributed by atoms with Crippen molar-refractivity contribution in [1.82, 2.24) is 5.01 Å². The number of hydrogen-bond acceptors (Lipinski definition) is 7. The fraction of sp³-hybridized carbons (Fsp3) is 0.333. The molecular weight excluding hydrogens is 586 g/mol. The molecule has 0 radical (unpaired) electrons. The molecule has 4 aromatic rings. The number of rotatable bonds is 11. The molecule has 1 spiro atoms. The van der Waals surface area contributed by atoms with Crippen LogP contribution in [0.15, 0.2) is 84.0 Å². The minimum absolute atomic E-state index is 0.100. The summed E-state index contributed by atoms with van der Waals surface area (Å²) in [4.78, 5) is 21.3. The molecule has 0 saturated heterocycles. The van der Waals surface area contributed by atoms with Gasteiger partial charge in [-0.3, -0.25) is 4.79 Å². The lowest BCUT2D eigenvalue weighted by molar-refractivity contribution is 0.0675. The van der Waals surface area contributed by atoms with Crippen molar-refractivity contribution in [3.05, 3.63) is 107 Å². The number of hydrogen-bond donors (Lipinski definition) is 1. The number of benzene rings is 4. The number of hydrazone groups is 1. The summed E-state index contributed by atoms with van der Waals surface area (Å²) in [6.45, 7) is 17.9. The number of phenols is 1. The van der Waals surface area contributed by atoms with Gasteiger partial charge in [0.2, 0.25) is 0 Å². The zero-order valence-corrected chi connectivity index (χ0v) is 28.3. The summed E-state index contributed by atoms with van der Waals surface area (Å²) in [6, 6.07) is 25.8. The molecule has 0 aromatic heterocycles. The van der Waals surface area contributed by atoms with Crippen molar-refractivity contribution in [1.29, 1.82) is 0 Å². The summed E-state index contributed by atoms with van der Waals surface area (Å²) < 4.78 is 6.78. The molecule has 2 heterocycles. The quantitative estimate of drug-likeness (QED) is 0.170. The number of fused-ring (bicyclic) bond motifs is 6. The van der Waals surface area contributed by atoms with Gasteiger partial charge in [0.1, 0.15) is 22.8 Å². The highest BCUT2D eigenvalue weighted by atomic mass is 16.5. The Bertz CT molecular complexity index is 1750. The van der Waals surface area contributed by atoms with Gasteiger partial charge in [-0.2, -0.15) is 5.10 Å². The molecule has 8 heteroatoms. The average molecular weight is 632 g/mol. The van der Waals surface area contributed by atoms with Gasteiger partial charge < -0.3 is 24.5 Å². The topological polar surface area (TPSA) is 71.8 Å². The Labute approximate surface area is 278 Å². The van der Waals surface area contributed by atoms with Crippen molar-refractivity contribution in [3.8, 4) is 17.2 Å². The number of aromatic hydroxyl groups is 1.